The molecule has 9 heteroatoms. The minimum atomic E-state index is -0.286. The zero-order valence-corrected chi connectivity index (χ0v) is 19.6. The van der Waals surface area contributed by atoms with E-state index in [0.29, 0.717) is 29.2 Å². The molecular formula is C27H26FN7O. The van der Waals surface area contributed by atoms with Crippen molar-refractivity contribution in [3.63, 3.8) is 0 Å². The summed E-state index contributed by atoms with van der Waals surface area (Å²) in [6.07, 6.45) is 3.88. The van der Waals surface area contributed by atoms with Gasteiger partial charge in [-0.1, -0.05) is 48.5 Å². The number of hydrogen-bond donors (Lipinski definition) is 2. The van der Waals surface area contributed by atoms with Gasteiger partial charge < -0.3 is 15.0 Å². The number of nitrogens with zero attached hydrogens (tertiary/aromatic N) is 5. The van der Waals surface area contributed by atoms with E-state index in [-0.39, 0.29) is 12.4 Å². The number of ether oxygens (including phenoxy) is 1. The molecule has 0 atom stereocenters. The van der Waals surface area contributed by atoms with E-state index >= 15 is 0 Å². The molecule has 0 radical (unpaired) electrons. The van der Waals surface area contributed by atoms with Gasteiger partial charge in [-0.15, -0.1) is 0 Å². The van der Waals surface area contributed by atoms with Gasteiger partial charge in [-0.2, -0.15) is 20.1 Å². The third kappa shape index (κ3) is 6.12. The molecule has 0 aliphatic carbocycles. The predicted octanol–water partition coefficient (Wildman–Crippen LogP) is 5.38. The maximum Gasteiger partial charge on any atom is 0.250 e. The van der Waals surface area contributed by atoms with Crippen molar-refractivity contribution >= 4 is 29.7 Å². The molecule has 1 aliphatic rings. The van der Waals surface area contributed by atoms with Crippen molar-refractivity contribution in [2.45, 2.75) is 19.4 Å². The van der Waals surface area contributed by atoms with Gasteiger partial charge in [0, 0.05) is 24.3 Å². The molecule has 2 N–H and O–H groups in total. The molecule has 1 aromatic heterocycles. The Balaban J connectivity index is 1.28. The quantitative estimate of drug-likeness (QED) is 0.244. The van der Waals surface area contributed by atoms with Gasteiger partial charge in [0.2, 0.25) is 17.8 Å². The Labute approximate surface area is 208 Å². The number of hydrazone groups is 1. The number of hydrogen-bond acceptors (Lipinski definition) is 8. The molecular weight excluding hydrogens is 457 g/mol. The summed E-state index contributed by atoms with van der Waals surface area (Å²) in [5.41, 5.74) is 5.12. The number of nitrogens with one attached hydrogen (secondary N) is 2. The van der Waals surface area contributed by atoms with Crippen LogP contribution in [0.4, 0.5) is 27.9 Å². The van der Waals surface area contributed by atoms with Crippen LogP contribution < -0.4 is 20.4 Å². The first-order valence-corrected chi connectivity index (χ1v) is 11.8. The van der Waals surface area contributed by atoms with Crippen molar-refractivity contribution in [2.75, 3.05) is 28.7 Å². The Bertz CT molecular complexity index is 1330. The molecule has 36 heavy (non-hydrogen) atoms. The normalized spacial score (nSPS) is 13.2. The lowest BCUT2D eigenvalue weighted by molar-refractivity contribution is 0.300. The fourth-order valence-electron chi connectivity index (χ4n) is 3.81. The SMILES string of the molecule is Fc1ccccc1COc1cccc(/C=N\Nc2nc(Nc3ccccc3)nc(N3CCCC3)n2)c1. The highest BCUT2D eigenvalue weighted by atomic mass is 19.1. The van der Waals surface area contributed by atoms with Crippen molar-refractivity contribution in [3.8, 4) is 5.75 Å². The number of aromatic nitrogens is 3. The molecule has 3 aromatic carbocycles. The highest BCUT2D eigenvalue weighted by Crippen LogP contribution is 2.21. The Hall–Kier alpha value is -4.53. The first-order valence-electron chi connectivity index (χ1n) is 11.8. The Morgan fingerprint density at radius 2 is 1.67 bits per heavy atom. The summed E-state index contributed by atoms with van der Waals surface area (Å²) in [4.78, 5) is 15.8. The lowest BCUT2D eigenvalue weighted by Gasteiger charge is -2.16. The highest BCUT2D eigenvalue weighted by Gasteiger charge is 2.17. The van der Waals surface area contributed by atoms with Crippen LogP contribution >= 0.6 is 0 Å². The first kappa shape index (κ1) is 23.2. The molecule has 0 unspecified atom stereocenters. The van der Waals surface area contributed by atoms with Gasteiger partial charge in [-0.3, -0.25) is 0 Å². The van der Waals surface area contributed by atoms with Crippen LogP contribution in [0.2, 0.25) is 0 Å². The molecule has 0 saturated carbocycles. The highest BCUT2D eigenvalue weighted by molar-refractivity contribution is 5.80. The second-order valence-corrected chi connectivity index (χ2v) is 8.29. The molecule has 2 heterocycles. The molecule has 4 aromatic rings. The van der Waals surface area contributed by atoms with E-state index in [4.69, 9.17) is 4.74 Å². The fraction of sp³-hybridized carbons (Fsp3) is 0.185. The van der Waals surface area contributed by atoms with Crippen molar-refractivity contribution in [2.24, 2.45) is 5.10 Å². The average Bonchev–Trinajstić information content (AvgIpc) is 3.44. The topological polar surface area (TPSA) is 87.6 Å². The number of rotatable bonds is 9. The summed E-state index contributed by atoms with van der Waals surface area (Å²) in [5.74, 6) is 1.73. The van der Waals surface area contributed by atoms with Crippen LogP contribution in [0.1, 0.15) is 24.0 Å². The Kier molecular flexibility index (Phi) is 7.27. The summed E-state index contributed by atoms with van der Waals surface area (Å²) in [7, 11) is 0. The Morgan fingerprint density at radius 3 is 2.50 bits per heavy atom. The Morgan fingerprint density at radius 1 is 0.889 bits per heavy atom. The van der Waals surface area contributed by atoms with Crippen molar-refractivity contribution in [1.29, 1.82) is 0 Å². The van der Waals surface area contributed by atoms with Gasteiger partial charge in [0.15, 0.2) is 0 Å². The molecule has 1 saturated heterocycles. The number of anilines is 4. The van der Waals surface area contributed by atoms with Gasteiger partial charge in [-0.05, 0) is 48.7 Å². The van der Waals surface area contributed by atoms with E-state index in [9.17, 15) is 4.39 Å². The minimum absolute atomic E-state index is 0.146. The largest absolute Gasteiger partial charge is 0.489 e. The van der Waals surface area contributed by atoms with Gasteiger partial charge in [0.05, 0.1) is 6.21 Å². The maximum atomic E-state index is 13.8. The number of halogens is 1. The van der Waals surface area contributed by atoms with Crippen LogP contribution in [0, 0.1) is 5.82 Å². The van der Waals surface area contributed by atoms with Crippen molar-refractivity contribution < 1.29 is 9.13 Å². The summed E-state index contributed by atoms with van der Waals surface area (Å²) in [6, 6.07) is 23.7. The molecule has 0 spiro atoms. The van der Waals surface area contributed by atoms with Crippen LogP contribution in [0.25, 0.3) is 0 Å². The lowest BCUT2D eigenvalue weighted by Crippen LogP contribution is -2.21. The van der Waals surface area contributed by atoms with E-state index < -0.39 is 0 Å². The molecule has 1 fully saturated rings. The van der Waals surface area contributed by atoms with E-state index in [1.54, 1.807) is 24.4 Å². The molecule has 1 aliphatic heterocycles. The third-order valence-corrected chi connectivity index (χ3v) is 5.63. The van der Waals surface area contributed by atoms with E-state index in [1.165, 1.54) is 6.07 Å². The smallest absolute Gasteiger partial charge is 0.250 e. The van der Waals surface area contributed by atoms with Gasteiger partial charge in [-0.25, -0.2) is 9.82 Å². The summed E-state index contributed by atoms with van der Waals surface area (Å²) in [5, 5.41) is 7.54. The second kappa shape index (κ2) is 11.3. The van der Waals surface area contributed by atoms with Crippen LogP contribution in [0.3, 0.4) is 0 Å². The monoisotopic (exact) mass is 483 g/mol. The predicted molar refractivity (Wildman–Crippen MR) is 139 cm³/mol. The van der Waals surface area contributed by atoms with Crippen LogP contribution in [0.5, 0.6) is 5.75 Å². The zero-order chi connectivity index (χ0) is 24.6. The van der Waals surface area contributed by atoms with Gasteiger partial charge >= 0.3 is 0 Å². The van der Waals surface area contributed by atoms with Crippen LogP contribution in [-0.2, 0) is 6.61 Å². The minimum Gasteiger partial charge on any atom is -0.489 e. The summed E-state index contributed by atoms with van der Waals surface area (Å²) >= 11 is 0. The van der Waals surface area contributed by atoms with Crippen molar-refractivity contribution in [3.05, 3.63) is 95.8 Å². The fourth-order valence-corrected chi connectivity index (χ4v) is 3.81. The molecule has 182 valence electrons. The van der Waals surface area contributed by atoms with Crippen LogP contribution in [0.15, 0.2) is 84.0 Å². The van der Waals surface area contributed by atoms with E-state index in [1.807, 2.05) is 54.6 Å². The van der Waals surface area contributed by atoms with Gasteiger partial charge in [0.25, 0.3) is 0 Å². The average molecular weight is 484 g/mol. The molecule has 5 rings (SSSR count). The summed E-state index contributed by atoms with van der Waals surface area (Å²) < 4.78 is 19.6. The van der Waals surface area contributed by atoms with E-state index in [2.05, 4.69) is 35.7 Å². The van der Waals surface area contributed by atoms with Crippen molar-refractivity contribution in [1.82, 2.24) is 15.0 Å². The number of benzene rings is 3. The molecule has 0 bridgehead atoms. The van der Waals surface area contributed by atoms with E-state index in [0.717, 1.165) is 37.2 Å². The standard InChI is InChI=1S/C27H26FN7O/c28-24-14-5-4-10-21(24)19-36-23-13-8-9-20(17-23)18-29-34-26-31-25(30-22-11-2-1-3-12-22)32-27(33-26)35-15-6-7-16-35/h1-5,8-14,17-18H,6-7,15-16,19H2,(H2,30,31,32,33,34)/b29-18-. The number of para-hydroxylation sites is 1. The van der Waals surface area contributed by atoms with Gasteiger partial charge in [0.1, 0.15) is 18.2 Å². The third-order valence-electron chi connectivity index (χ3n) is 5.63. The first-order chi connectivity index (χ1) is 17.7. The lowest BCUT2D eigenvalue weighted by atomic mass is 10.2. The second-order valence-electron chi connectivity index (χ2n) is 8.29. The zero-order valence-electron chi connectivity index (χ0n) is 19.6. The maximum absolute atomic E-state index is 13.8. The summed E-state index contributed by atoms with van der Waals surface area (Å²) in [6.45, 7) is 1.97. The molecule has 0 amide bonds. The van der Waals surface area contributed by atoms with Crippen LogP contribution in [-0.4, -0.2) is 34.3 Å². The molecule has 8 nitrogen and oxygen atoms in total.